The molecule has 23 heavy (non-hydrogen) atoms. The topological polar surface area (TPSA) is 42.7 Å². The zero-order valence-electron chi connectivity index (χ0n) is 12.8. The number of fused-ring (bicyclic) bond motifs is 1. The average molecular weight is 412 g/mol. The van der Waals surface area contributed by atoms with Gasteiger partial charge in [0.15, 0.2) is 5.65 Å². The summed E-state index contributed by atoms with van der Waals surface area (Å²) in [5.74, 6) is 9.43. The number of benzene rings is 1. The van der Waals surface area contributed by atoms with E-state index in [9.17, 15) is 0 Å². The summed E-state index contributed by atoms with van der Waals surface area (Å²) < 4.78 is 2.87. The monoisotopic (exact) mass is 410 g/mol. The fourth-order valence-corrected chi connectivity index (χ4v) is 4.89. The number of aryl methyl sites for hydroxylation is 1. The molecule has 0 bridgehead atoms. The molecule has 3 aromatic rings. The molecule has 0 atom stereocenters. The van der Waals surface area contributed by atoms with E-state index in [1.807, 2.05) is 10.2 Å². The first kappa shape index (κ1) is 16.4. The molecule has 120 valence electrons. The van der Waals surface area contributed by atoms with Gasteiger partial charge in [-0.1, -0.05) is 29.4 Å². The lowest BCUT2D eigenvalue weighted by atomic mass is 10.2. The molecule has 0 saturated carbocycles. The Hall–Kier alpha value is -1.50. The number of hydrogen-bond donors (Lipinski definition) is 1. The van der Waals surface area contributed by atoms with E-state index in [0.29, 0.717) is 11.5 Å². The molecule has 0 unspecified atom stereocenters. The molecule has 0 fully saturated rings. The SMILES string of the molecule is C=S(=C)(c1ccc(C)cc1)n1cc(Br)c2c(NC)nc(Cl)nc21. The quantitative estimate of drug-likeness (QED) is 0.502. The van der Waals surface area contributed by atoms with Crippen molar-refractivity contribution in [3.63, 3.8) is 0 Å². The first-order chi connectivity index (χ1) is 10.8. The van der Waals surface area contributed by atoms with Gasteiger partial charge in [0, 0.05) is 22.6 Å². The molecule has 0 spiro atoms. The standard InChI is InChI=1S/C16H16BrClN4S/c1-10-5-7-11(8-6-10)23(3,4)22-9-12(17)13-14(19-2)20-16(18)21-15(13)22/h5-9H,3-4H2,1-2H3,(H,19,20,21). The minimum absolute atomic E-state index is 0.188. The minimum atomic E-state index is -1.79. The van der Waals surface area contributed by atoms with Crippen LogP contribution in [0, 0.1) is 6.92 Å². The van der Waals surface area contributed by atoms with Gasteiger partial charge in [-0.3, -0.25) is 3.97 Å². The Morgan fingerprint density at radius 2 is 1.87 bits per heavy atom. The van der Waals surface area contributed by atoms with Crippen molar-refractivity contribution in [1.29, 1.82) is 0 Å². The van der Waals surface area contributed by atoms with E-state index in [0.717, 1.165) is 14.8 Å². The smallest absolute Gasteiger partial charge is 0.226 e. The van der Waals surface area contributed by atoms with Gasteiger partial charge >= 0.3 is 0 Å². The summed E-state index contributed by atoms with van der Waals surface area (Å²) in [6.07, 6.45) is 1.95. The molecule has 4 nitrogen and oxygen atoms in total. The van der Waals surface area contributed by atoms with Gasteiger partial charge in [0.2, 0.25) is 5.28 Å². The van der Waals surface area contributed by atoms with Crippen LogP contribution in [0.25, 0.3) is 11.0 Å². The highest BCUT2D eigenvalue weighted by Gasteiger charge is 2.17. The second-order valence-electron chi connectivity index (χ2n) is 5.25. The highest BCUT2D eigenvalue weighted by molar-refractivity contribution is 9.10. The first-order valence-corrected chi connectivity index (χ1v) is 9.93. The molecule has 1 N–H and O–H groups in total. The third kappa shape index (κ3) is 2.75. The number of halogens is 2. The van der Waals surface area contributed by atoms with E-state index in [-0.39, 0.29) is 5.28 Å². The van der Waals surface area contributed by atoms with Gasteiger partial charge in [0.1, 0.15) is 5.82 Å². The number of anilines is 1. The summed E-state index contributed by atoms with van der Waals surface area (Å²) in [5, 5.41) is 4.11. The van der Waals surface area contributed by atoms with E-state index in [1.165, 1.54) is 5.56 Å². The lowest BCUT2D eigenvalue weighted by molar-refractivity contribution is 1.17. The highest BCUT2D eigenvalue weighted by Crippen LogP contribution is 2.41. The molecule has 0 aliphatic rings. The lowest BCUT2D eigenvalue weighted by Gasteiger charge is -2.18. The Balaban J connectivity index is 2.32. The predicted molar refractivity (Wildman–Crippen MR) is 106 cm³/mol. The maximum absolute atomic E-state index is 6.08. The van der Waals surface area contributed by atoms with Gasteiger partial charge in [0.25, 0.3) is 0 Å². The predicted octanol–water partition coefficient (Wildman–Crippen LogP) is 4.69. The molecular formula is C16H16BrClN4S. The Labute approximate surface area is 149 Å². The molecule has 2 heterocycles. The summed E-state index contributed by atoms with van der Waals surface area (Å²) in [5.41, 5.74) is 1.91. The van der Waals surface area contributed by atoms with Gasteiger partial charge < -0.3 is 5.32 Å². The maximum atomic E-state index is 6.08. The van der Waals surface area contributed by atoms with Crippen molar-refractivity contribution in [2.75, 3.05) is 12.4 Å². The normalized spacial score (nSPS) is 11.8. The highest BCUT2D eigenvalue weighted by atomic mass is 79.9. The molecule has 0 radical (unpaired) electrons. The van der Waals surface area contributed by atoms with Crippen molar-refractivity contribution in [2.24, 2.45) is 0 Å². The van der Waals surface area contributed by atoms with Crippen LogP contribution in [0.3, 0.4) is 0 Å². The summed E-state index contributed by atoms with van der Waals surface area (Å²) in [6, 6.07) is 8.25. The summed E-state index contributed by atoms with van der Waals surface area (Å²) in [7, 11) is 0.00867. The fraction of sp³-hybridized carbons (Fsp3) is 0.125. The van der Waals surface area contributed by atoms with Gasteiger partial charge in [0.05, 0.1) is 5.39 Å². The van der Waals surface area contributed by atoms with Crippen molar-refractivity contribution >= 4 is 65.5 Å². The van der Waals surface area contributed by atoms with Gasteiger partial charge in [-0.2, -0.15) is 4.98 Å². The maximum Gasteiger partial charge on any atom is 0.226 e. The number of nitrogens with one attached hydrogen (secondary N) is 1. The van der Waals surface area contributed by atoms with Gasteiger partial charge in [-0.05, 0) is 46.6 Å². The van der Waals surface area contributed by atoms with Crippen molar-refractivity contribution < 1.29 is 0 Å². The van der Waals surface area contributed by atoms with Crippen LogP contribution in [0.5, 0.6) is 0 Å². The van der Waals surface area contributed by atoms with Crippen LogP contribution in [0.15, 0.2) is 39.8 Å². The van der Waals surface area contributed by atoms with Crippen LogP contribution in [0.2, 0.25) is 5.28 Å². The van der Waals surface area contributed by atoms with Crippen LogP contribution in [-0.2, 0) is 0 Å². The summed E-state index contributed by atoms with van der Waals surface area (Å²) >= 11 is 9.66. The second kappa shape index (κ2) is 5.85. The van der Waals surface area contributed by atoms with Crippen LogP contribution in [0.4, 0.5) is 5.82 Å². The second-order valence-corrected chi connectivity index (χ2v) is 8.99. The zero-order valence-corrected chi connectivity index (χ0v) is 16.0. The van der Waals surface area contributed by atoms with Crippen molar-refractivity contribution in [1.82, 2.24) is 13.9 Å². The number of rotatable bonds is 3. The van der Waals surface area contributed by atoms with Crippen LogP contribution in [0.1, 0.15) is 5.56 Å². The van der Waals surface area contributed by atoms with Crippen LogP contribution >= 0.6 is 36.9 Å². The molecular weight excluding hydrogens is 396 g/mol. The molecule has 0 saturated heterocycles. The Kier molecular flexibility index (Phi) is 4.16. The zero-order chi connectivity index (χ0) is 16.8. The lowest BCUT2D eigenvalue weighted by Crippen LogP contribution is -2.00. The summed E-state index contributed by atoms with van der Waals surface area (Å²) in [4.78, 5) is 9.69. The Bertz CT molecular complexity index is 991. The molecule has 0 amide bonds. The third-order valence-electron chi connectivity index (χ3n) is 3.61. The Morgan fingerprint density at radius 3 is 2.48 bits per heavy atom. The molecule has 1 aromatic carbocycles. The van der Waals surface area contributed by atoms with E-state index in [1.54, 1.807) is 7.05 Å². The van der Waals surface area contributed by atoms with E-state index in [4.69, 9.17) is 11.6 Å². The van der Waals surface area contributed by atoms with Gasteiger partial charge in [-0.15, -0.1) is 9.39 Å². The molecule has 3 rings (SSSR count). The summed E-state index contributed by atoms with van der Waals surface area (Å²) in [6.45, 7) is 2.06. The molecule has 0 aliphatic carbocycles. The van der Waals surface area contributed by atoms with E-state index >= 15 is 0 Å². The van der Waals surface area contributed by atoms with Crippen LogP contribution < -0.4 is 5.32 Å². The van der Waals surface area contributed by atoms with Crippen LogP contribution in [-0.4, -0.2) is 32.7 Å². The van der Waals surface area contributed by atoms with E-state index < -0.39 is 9.39 Å². The van der Waals surface area contributed by atoms with Crippen molar-refractivity contribution in [3.05, 3.63) is 45.8 Å². The largest absolute Gasteiger partial charge is 0.372 e. The van der Waals surface area contributed by atoms with E-state index in [2.05, 4.69) is 74.1 Å². The van der Waals surface area contributed by atoms with Crippen molar-refractivity contribution in [3.8, 4) is 0 Å². The minimum Gasteiger partial charge on any atom is -0.372 e. The van der Waals surface area contributed by atoms with Gasteiger partial charge in [-0.25, -0.2) is 4.98 Å². The molecule has 2 aromatic heterocycles. The van der Waals surface area contributed by atoms with Crippen molar-refractivity contribution in [2.45, 2.75) is 11.8 Å². The first-order valence-electron chi connectivity index (χ1n) is 6.83. The number of hydrogen-bond acceptors (Lipinski definition) is 3. The third-order valence-corrected chi connectivity index (χ3v) is 6.57. The number of aromatic nitrogens is 3. The number of nitrogens with zero attached hydrogens (tertiary/aromatic N) is 3. The molecule has 7 heteroatoms. The fourth-order valence-electron chi connectivity index (χ4n) is 2.38. The average Bonchev–Trinajstić information content (AvgIpc) is 2.84. The Morgan fingerprint density at radius 1 is 1.22 bits per heavy atom. The molecule has 0 aliphatic heterocycles.